The van der Waals surface area contributed by atoms with Gasteiger partial charge >= 0.3 is 0 Å². The molecule has 3 nitrogen and oxygen atoms in total. The molecular formula is C14H19FO3. The second-order valence-corrected chi connectivity index (χ2v) is 4.71. The predicted octanol–water partition coefficient (Wildman–Crippen LogP) is 2.44. The van der Waals surface area contributed by atoms with E-state index < -0.39 is 6.10 Å². The highest BCUT2D eigenvalue weighted by atomic mass is 19.1. The molecule has 0 saturated heterocycles. The quantitative estimate of drug-likeness (QED) is 0.877. The van der Waals surface area contributed by atoms with E-state index in [9.17, 15) is 9.50 Å². The van der Waals surface area contributed by atoms with Gasteiger partial charge < -0.3 is 14.6 Å². The van der Waals surface area contributed by atoms with Crippen molar-refractivity contribution in [1.29, 1.82) is 0 Å². The standard InChI is InChI=1S/C14H19FO3/c1-3-6-17-14-12(16)8-13(14)18-10-5-4-9(2)11(15)7-10/h4-5,7,12-14,16H,3,6,8H2,1-2H3. The fourth-order valence-electron chi connectivity index (χ4n) is 1.97. The van der Waals surface area contributed by atoms with Gasteiger partial charge in [-0.1, -0.05) is 13.0 Å². The highest BCUT2D eigenvalue weighted by molar-refractivity contribution is 5.28. The largest absolute Gasteiger partial charge is 0.487 e. The average molecular weight is 254 g/mol. The molecular weight excluding hydrogens is 235 g/mol. The fraction of sp³-hybridized carbons (Fsp3) is 0.571. The van der Waals surface area contributed by atoms with Gasteiger partial charge in [0.25, 0.3) is 0 Å². The Morgan fingerprint density at radius 3 is 2.83 bits per heavy atom. The lowest BCUT2D eigenvalue weighted by Gasteiger charge is -2.40. The molecule has 0 spiro atoms. The monoisotopic (exact) mass is 254 g/mol. The van der Waals surface area contributed by atoms with E-state index in [-0.39, 0.29) is 18.0 Å². The topological polar surface area (TPSA) is 38.7 Å². The van der Waals surface area contributed by atoms with Crippen LogP contribution in [-0.2, 0) is 4.74 Å². The maximum absolute atomic E-state index is 13.4. The summed E-state index contributed by atoms with van der Waals surface area (Å²) in [6.45, 7) is 4.32. The molecule has 1 saturated carbocycles. The number of ether oxygens (including phenoxy) is 2. The Kier molecular flexibility index (Phi) is 4.19. The minimum Gasteiger partial charge on any atom is -0.487 e. The van der Waals surface area contributed by atoms with E-state index in [1.165, 1.54) is 6.07 Å². The van der Waals surface area contributed by atoms with Crippen molar-refractivity contribution in [2.24, 2.45) is 0 Å². The van der Waals surface area contributed by atoms with Gasteiger partial charge in [0.1, 0.15) is 23.8 Å². The molecule has 0 radical (unpaired) electrons. The molecule has 18 heavy (non-hydrogen) atoms. The van der Waals surface area contributed by atoms with Crippen LogP contribution < -0.4 is 4.74 Å². The fourth-order valence-corrected chi connectivity index (χ4v) is 1.97. The highest BCUT2D eigenvalue weighted by Crippen LogP contribution is 2.29. The molecule has 1 fully saturated rings. The zero-order chi connectivity index (χ0) is 13.1. The lowest BCUT2D eigenvalue weighted by molar-refractivity contribution is -0.162. The van der Waals surface area contributed by atoms with Gasteiger partial charge in [0, 0.05) is 19.1 Å². The summed E-state index contributed by atoms with van der Waals surface area (Å²) < 4.78 is 24.5. The highest BCUT2D eigenvalue weighted by Gasteiger charge is 2.42. The van der Waals surface area contributed by atoms with Crippen LogP contribution in [0.2, 0.25) is 0 Å². The van der Waals surface area contributed by atoms with Crippen LogP contribution >= 0.6 is 0 Å². The Morgan fingerprint density at radius 1 is 1.44 bits per heavy atom. The van der Waals surface area contributed by atoms with Gasteiger partial charge in [0.15, 0.2) is 0 Å². The summed E-state index contributed by atoms with van der Waals surface area (Å²) in [7, 11) is 0. The van der Waals surface area contributed by atoms with Crippen molar-refractivity contribution in [3.63, 3.8) is 0 Å². The molecule has 1 aliphatic carbocycles. The van der Waals surface area contributed by atoms with Gasteiger partial charge in [-0.15, -0.1) is 0 Å². The van der Waals surface area contributed by atoms with Gasteiger partial charge in [-0.2, -0.15) is 0 Å². The van der Waals surface area contributed by atoms with Gasteiger partial charge in [-0.05, 0) is 25.0 Å². The molecule has 0 aliphatic heterocycles. The normalized spacial score (nSPS) is 26.8. The van der Waals surface area contributed by atoms with E-state index in [2.05, 4.69) is 0 Å². The molecule has 0 bridgehead atoms. The Bertz CT molecular complexity index is 408. The number of aryl methyl sites for hydroxylation is 1. The van der Waals surface area contributed by atoms with Crippen molar-refractivity contribution in [1.82, 2.24) is 0 Å². The maximum atomic E-state index is 13.4. The lowest BCUT2D eigenvalue weighted by atomic mass is 9.88. The summed E-state index contributed by atoms with van der Waals surface area (Å²) in [6.07, 6.45) is 0.471. The van der Waals surface area contributed by atoms with Gasteiger partial charge in [-0.3, -0.25) is 0 Å². The SMILES string of the molecule is CCCOC1C(O)CC1Oc1ccc(C)c(F)c1. The number of aliphatic hydroxyl groups is 1. The smallest absolute Gasteiger partial charge is 0.130 e. The number of halogens is 1. The average Bonchev–Trinajstić information content (AvgIpc) is 2.33. The van der Waals surface area contributed by atoms with Gasteiger partial charge in [0.2, 0.25) is 0 Å². The van der Waals surface area contributed by atoms with Crippen LogP contribution in [0.5, 0.6) is 5.75 Å². The molecule has 0 amide bonds. The van der Waals surface area contributed by atoms with Crippen LogP contribution in [0.3, 0.4) is 0 Å². The first-order chi connectivity index (χ1) is 8.61. The molecule has 3 atom stereocenters. The zero-order valence-corrected chi connectivity index (χ0v) is 10.7. The van der Waals surface area contributed by atoms with Crippen LogP contribution in [0.1, 0.15) is 25.3 Å². The summed E-state index contributed by atoms with van der Waals surface area (Å²) >= 11 is 0. The van der Waals surface area contributed by atoms with E-state index in [1.54, 1.807) is 19.1 Å². The number of hydrogen-bond acceptors (Lipinski definition) is 3. The first-order valence-corrected chi connectivity index (χ1v) is 6.34. The van der Waals surface area contributed by atoms with Crippen molar-refractivity contribution < 1.29 is 19.0 Å². The van der Waals surface area contributed by atoms with E-state index in [4.69, 9.17) is 9.47 Å². The second kappa shape index (κ2) is 5.67. The third kappa shape index (κ3) is 2.82. The van der Waals surface area contributed by atoms with E-state index >= 15 is 0 Å². The Hall–Kier alpha value is -1.13. The summed E-state index contributed by atoms with van der Waals surface area (Å²) in [4.78, 5) is 0. The summed E-state index contributed by atoms with van der Waals surface area (Å²) in [5.74, 6) is 0.207. The molecule has 1 aromatic rings. The Labute approximate surface area is 107 Å². The molecule has 0 aromatic heterocycles. The molecule has 1 aromatic carbocycles. The summed E-state index contributed by atoms with van der Waals surface area (Å²) in [5.41, 5.74) is 0.592. The molecule has 2 rings (SSSR count). The van der Waals surface area contributed by atoms with E-state index in [0.29, 0.717) is 24.3 Å². The van der Waals surface area contributed by atoms with Crippen LogP contribution in [0.25, 0.3) is 0 Å². The minimum atomic E-state index is -0.475. The van der Waals surface area contributed by atoms with Crippen LogP contribution in [0, 0.1) is 12.7 Å². The predicted molar refractivity (Wildman–Crippen MR) is 66.2 cm³/mol. The van der Waals surface area contributed by atoms with E-state index in [1.807, 2.05) is 6.92 Å². The van der Waals surface area contributed by atoms with Crippen LogP contribution in [0.4, 0.5) is 4.39 Å². The van der Waals surface area contributed by atoms with Crippen molar-refractivity contribution in [3.8, 4) is 5.75 Å². The molecule has 3 unspecified atom stereocenters. The van der Waals surface area contributed by atoms with Crippen molar-refractivity contribution in [2.45, 2.75) is 45.0 Å². The zero-order valence-electron chi connectivity index (χ0n) is 10.7. The van der Waals surface area contributed by atoms with Crippen LogP contribution in [0.15, 0.2) is 18.2 Å². The van der Waals surface area contributed by atoms with Crippen molar-refractivity contribution in [3.05, 3.63) is 29.6 Å². The van der Waals surface area contributed by atoms with Crippen molar-refractivity contribution >= 4 is 0 Å². The van der Waals surface area contributed by atoms with E-state index in [0.717, 1.165) is 6.42 Å². The molecule has 100 valence electrons. The molecule has 1 N–H and O–H groups in total. The first kappa shape index (κ1) is 13.3. The molecule has 0 heterocycles. The molecule has 4 heteroatoms. The number of rotatable bonds is 5. The Balaban J connectivity index is 1.94. The van der Waals surface area contributed by atoms with Gasteiger partial charge in [0.05, 0.1) is 6.10 Å². The minimum absolute atomic E-state index is 0.186. The lowest BCUT2D eigenvalue weighted by Crippen LogP contribution is -2.55. The first-order valence-electron chi connectivity index (χ1n) is 6.34. The van der Waals surface area contributed by atoms with Gasteiger partial charge in [-0.25, -0.2) is 4.39 Å². The number of aliphatic hydroxyl groups excluding tert-OH is 1. The third-order valence-electron chi connectivity index (χ3n) is 3.16. The third-order valence-corrected chi connectivity index (χ3v) is 3.16. The van der Waals surface area contributed by atoms with Crippen molar-refractivity contribution in [2.75, 3.05) is 6.61 Å². The second-order valence-electron chi connectivity index (χ2n) is 4.71. The van der Waals surface area contributed by atoms with Crippen LogP contribution in [-0.4, -0.2) is 30.0 Å². The maximum Gasteiger partial charge on any atom is 0.130 e. The number of hydrogen-bond donors (Lipinski definition) is 1. The Morgan fingerprint density at radius 2 is 2.22 bits per heavy atom. The number of benzene rings is 1. The summed E-state index contributed by atoms with van der Waals surface area (Å²) in [5, 5.41) is 9.60. The summed E-state index contributed by atoms with van der Waals surface area (Å²) in [6, 6.07) is 4.79. The molecule has 1 aliphatic rings.